The molecule has 1 aromatic carbocycles. The molecule has 122 valence electrons. The van der Waals surface area contributed by atoms with Crippen LogP contribution in [0.15, 0.2) is 24.3 Å². The van der Waals surface area contributed by atoms with Crippen LogP contribution in [-0.4, -0.2) is 43.5 Å². The van der Waals surface area contributed by atoms with Gasteiger partial charge in [-0.15, -0.1) is 12.4 Å². The smallest absolute Gasteiger partial charge is 0.242 e. The number of benzene rings is 1. The number of carbonyl (C=O) groups excluding carboxylic acids is 1. The van der Waals surface area contributed by atoms with Crippen LogP contribution in [0, 0.1) is 11.8 Å². The number of halogens is 1. The van der Waals surface area contributed by atoms with Crippen LogP contribution in [-0.2, 0) is 4.79 Å². The van der Waals surface area contributed by atoms with E-state index in [1.165, 1.54) is 6.42 Å². The molecule has 0 bridgehead atoms. The molecule has 1 fully saturated rings. The maximum atomic E-state index is 12.6. The number of para-hydroxylation sites is 2. The van der Waals surface area contributed by atoms with Gasteiger partial charge >= 0.3 is 0 Å². The van der Waals surface area contributed by atoms with Crippen molar-refractivity contribution in [1.29, 1.82) is 0 Å². The van der Waals surface area contributed by atoms with Crippen molar-refractivity contribution in [2.24, 2.45) is 11.8 Å². The van der Waals surface area contributed by atoms with Crippen molar-refractivity contribution < 1.29 is 4.79 Å². The van der Waals surface area contributed by atoms with Crippen molar-refractivity contribution in [1.82, 2.24) is 4.90 Å². The number of likely N-dealkylation sites (tertiary alicyclic amines) is 1. The molecular weight excluding hydrogens is 298 g/mol. The van der Waals surface area contributed by atoms with Crippen LogP contribution < -0.4 is 10.2 Å². The average molecular weight is 324 g/mol. The van der Waals surface area contributed by atoms with Gasteiger partial charge in [0.2, 0.25) is 5.91 Å². The van der Waals surface area contributed by atoms with Crippen molar-refractivity contribution in [2.75, 3.05) is 42.9 Å². The lowest BCUT2D eigenvalue weighted by atomic mass is 9.92. The maximum Gasteiger partial charge on any atom is 0.242 e. The minimum Gasteiger partial charge on any atom is -0.382 e. The molecule has 2 heterocycles. The number of nitrogens with one attached hydrogen (secondary N) is 1. The lowest BCUT2D eigenvalue weighted by Gasteiger charge is -2.38. The lowest BCUT2D eigenvalue weighted by molar-refractivity contribution is -0.132. The molecule has 22 heavy (non-hydrogen) atoms. The Labute approximate surface area is 139 Å². The van der Waals surface area contributed by atoms with Crippen LogP contribution in [0.4, 0.5) is 11.4 Å². The fraction of sp³-hybridized carbons (Fsp3) is 0.588. The maximum absolute atomic E-state index is 12.6. The average Bonchev–Trinajstić information content (AvgIpc) is 2.46. The topological polar surface area (TPSA) is 35.6 Å². The number of hydrogen-bond donors (Lipinski definition) is 1. The normalized spacial score (nSPS) is 24.1. The Hall–Kier alpha value is -1.42. The SMILES string of the molecule is CC1CC(C)CN(C(=O)CN2CCNc3ccccc32)C1.Cl. The van der Waals surface area contributed by atoms with Crippen LogP contribution in [0.5, 0.6) is 0 Å². The molecule has 1 amide bonds. The first-order valence-electron chi connectivity index (χ1n) is 7.99. The van der Waals surface area contributed by atoms with Crippen molar-refractivity contribution in [2.45, 2.75) is 20.3 Å². The number of amides is 1. The van der Waals surface area contributed by atoms with E-state index in [1.54, 1.807) is 0 Å². The summed E-state index contributed by atoms with van der Waals surface area (Å²) in [4.78, 5) is 16.9. The molecule has 0 aromatic heterocycles. The van der Waals surface area contributed by atoms with Crippen molar-refractivity contribution in [3.05, 3.63) is 24.3 Å². The molecule has 1 saturated heterocycles. The first-order valence-corrected chi connectivity index (χ1v) is 7.99. The Morgan fingerprint density at radius 2 is 1.91 bits per heavy atom. The summed E-state index contributed by atoms with van der Waals surface area (Å²) < 4.78 is 0. The predicted molar refractivity (Wildman–Crippen MR) is 93.9 cm³/mol. The second-order valence-electron chi connectivity index (χ2n) is 6.61. The first-order chi connectivity index (χ1) is 10.1. The first kappa shape index (κ1) is 16.9. The minimum atomic E-state index is 0. The predicted octanol–water partition coefficient (Wildman–Crippen LogP) is 2.84. The molecule has 2 aliphatic rings. The third-order valence-electron chi connectivity index (χ3n) is 4.49. The van der Waals surface area contributed by atoms with E-state index in [0.717, 1.165) is 37.6 Å². The summed E-state index contributed by atoms with van der Waals surface area (Å²) in [6.07, 6.45) is 1.24. The van der Waals surface area contributed by atoms with Gasteiger partial charge in [0.05, 0.1) is 17.9 Å². The van der Waals surface area contributed by atoms with Crippen molar-refractivity contribution in [3.8, 4) is 0 Å². The van der Waals surface area contributed by atoms with Gasteiger partial charge in [0.1, 0.15) is 0 Å². The molecule has 1 N–H and O–H groups in total. The van der Waals surface area contributed by atoms with E-state index in [1.807, 2.05) is 12.1 Å². The monoisotopic (exact) mass is 323 g/mol. The van der Waals surface area contributed by atoms with E-state index in [0.29, 0.717) is 18.4 Å². The molecule has 5 heteroatoms. The molecule has 0 radical (unpaired) electrons. The highest BCUT2D eigenvalue weighted by Gasteiger charge is 2.27. The van der Waals surface area contributed by atoms with Gasteiger partial charge < -0.3 is 15.1 Å². The number of carbonyl (C=O) groups is 1. The highest BCUT2D eigenvalue weighted by Crippen LogP contribution is 2.28. The van der Waals surface area contributed by atoms with Gasteiger partial charge in [0, 0.05) is 26.2 Å². The molecule has 2 atom stereocenters. The van der Waals surface area contributed by atoms with Gasteiger partial charge in [-0.05, 0) is 30.4 Å². The van der Waals surface area contributed by atoms with Gasteiger partial charge in [-0.3, -0.25) is 4.79 Å². The van der Waals surface area contributed by atoms with E-state index in [-0.39, 0.29) is 18.3 Å². The van der Waals surface area contributed by atoms with Crippen molar-refractivity contribution >= 4 is 29.7 Å². The fourth-order valence-electron chi connectivity index (χ4n) is 3.64. The Kier molecular flexibility index (Phi) is 5.57. The van der Waals surface area contributed by atoms with Crippen LogP contribution in [0.3, 0.4) is 0 Å². The van der Waals surface area contributed by atoms with Gasteiger partial charge in [0.15, 0.2) is 0 Å². The zero-order valence-corrected chi connectivity index (χ0v) is 14.2. The molecule has 1 aromatic rings. The number of piperidine rings is 1. The molecule has 3 rings (SSSR count). The third kappa shape index (κ3) is 3.67. The Morgan fingerprint density at radius 3 is 2.64 bits per heavy atom. The molecule has 0 saturated carbocycles. The molecule has 4 nitrogen and oxygen atoms in total. The Morgan fingerprint density at radius 1 is 1.23 bits per heavy atom. The summed E-state index contributed by atoms with van der Waals surface area (Å²) in [5, 5.41) is 3.39. The molecule has 2 aliphatic heterocycles. The standard InChI is InChI=1S/C17H25N3O.ClH/c1-13-9-14(2)11-20(10-13)17(21)12-19-8-7-18-15-5-3-4-6-16(15)19;/h3-6,13-14,18H,7-12H2,1-2H3;1H. The summed E-state index contributed by atoms with van der Waals surface area (Å²) in [5.74, 6) is 1.51. The Bertz CT molecular complexity index is 512. The second-order valence-corrected chi connectivity index (χ2v) is 6.61. The highest BCUT2D eigenvalue weighted by atomic mass is 35.5. The van der Waals surface area contributed by atoms with Crippen molar-refractivity contribution in [3.63, 3.8) is 0 Å². The second kappa shape index (κ2) is 7.23. The largest absolute Gasteiger partial charge is 0.382 e. The van der Waals surface area contributed by atoms with Gasteiger partial charge in [-0.25, -0.2) is 0 Å². The minimum absolute atomic E-state index is 0. The van der Waals surface area contributed by atoms with E-state index < -0.39 is 0 Å². The van der Waals surface area contributed by atoms with Crippen LogP contribution in [0.2, 0.25) is 0 Å². The van der Waals surface area contributed by atoms with Gasteiger partial charge in [-0.1, -0.05) is 26.0 Å². The van der Waals surface area contributed by atoms with Crippen LogP contribution >= 0.6 is 12.4 Å². The number of anilines is 2. The third-order valence-corrected chi connectivity index (χ3v) is 4.49. The Balaban J connectivity index is 0.00000176. The number of hydrogen-bond acceptors (Lipinski definition) is 3. The summed E-state index contributed by atoms with van der Waals surface area (Å²) in [5.41, 5.74) is 2.28. The van der Waals surface area contributed by atoms with Crippen LogP contribution in [0.25, 0.3) is 0 Å². The van der Waals surface area contributed by atoms with E-state index in [9.17, 15) is 4.79 Å². The number of nitrogens with zero attached hydrogens (tertiary/aromatic N) is 2. The summed E-state index contributed by atoms with van der Waals surface area (Å²) in [6, 6.07) is 8.24. The molecule has 0 aliphatic carbocycles. The van der Waals surface area contributed by atoms with E-state index in [2.05, 4.69) is 41.1 Å². The summed E-state index contributed by atoms with van der Waals surface area (Å²) >= 11 is 0. The summed E-state index contributed by atoms with van der Waals surface area (Å²) in [7, 11) is 0. The van der Waals surface area contributed by atoms with Crippen LogP contribution in [0.1, 0.15) is 20.3 Å². The zero-order valence-electron chi connectivity index (χ0n) is 13.4. The molecule has 0 spiro atoms. The lowest BCUT2D eigenvalue weighted by Crippen LogP contribution is -2.48. The highest BCUT2D eigenvalue weighted by molar-refractivity contribution is 5.85. The summed E-state index contributed by atoms with van der Waals surface area (Å²) in [6.45, 7) is 8.61. The quantitative estimate of drug-likeness (QED) is 0.909. The van der Waals surface area contributed by atoms with Gasteiger partial charge in [0.25, 0.3) is 0 Å². The number of fused-ring (bicyclic) bond motifs is 1. The molecule has 2 unspecified atom stereocenters. The van der Waals surface area contributed by atoms with E-state index >= 15 is 0 Å². The van der Waals surface area contributed by atoms with Gasteiger partial charge in [-0.2, -0.15) is 0 Å². The zero-order chi connectivity index (χ0) is 14.8. The molecular formula is C17H26ClN3O. The van der Waals surface area contributed by atoms with E-state index in [4.69, 9.17) is 0 Å². The number of rotatable bonds is 2. The fourth-order valence-corrected chi connectivity index (χ4v) is 3.64.